The average Bonchev–Trinajstić information content (AvgIpc) is 2.48. The van der Waals surface area contributed by atoms with Gasteiger partial charge in [-0.25, -0.2) is 4.98 Å². The maximum atomic E-state index is 10.6. The maximum absolute atomic E-state index is 10.6. The molecule has 0 bridgehead atoms. The molecule has 1 rings (SSSR count). The zero-order valence-electron chi connectivity index (χ0n) is 8.83. The number of hydrogen-bond acceptors (Lipinski definition) is 4. The third kappa shape index (κ3) is 1.92. The molecule has 0 aliphatic heterocycles. The van der Waals surface area contributed by atoms with E-state index in [0.29, 0.717) is 5.69 Å². The van der Waals surface area contributed by atoms with Crippen LogP contribution in [0.15, 0.2) is 0 Å². The van der Waals surface area contributed by atoms with Gasteiger partial charge in [0.2, 0.25) is 0 Å². The number of thiazole rings is 1. The molecule has 78 valence electrons. The summed E-state index contributed by atoms with van der Waals surface area (Å²) in [5.41, 5.74) is 0.459. The lowest BCUT2D eigenvalue weighted by molar-refractivity contribution is -0.380. The molecule has 1 aromatic rings. The lowest BCUT2D eigenvalue weighted by atomic mass is 9.91. The van der Waals surface area contributed by atoms with Crippen LogP contribution in [0.25, 0.3) is 0 Å². The Hall–Kier alpha value is -0.970. The molecular weight excluding hydrogens is 200 g/mol. The SMILES string of the molecule is CCC(C)(C)c1nc(C)c([N+](=O)[O-])s1. The van der Waals surface area contributed by atoms with Gasteiger partial charge in [-0.05, 0) is 24.7 Å². The van der Waals surface area contributed by atoms with Gasteiger partial charge in [0.15, 0.2) is 0 Å². The van der Waals surface area contributed by atoms with Crippen molar-refractivity contribution in [3.8, 4) is 0 Å². The first kappa shape index (κ1) is 11.1. The van der Waals surface area contributed by atoms with Crippen LogP contribution in [-0.2, 0) is 5.41 Å². The van der Waals surface area contributed by atoms with Crippen molar-refractivity contribution >= 4 is 16.3 Å². The van der Waals surface area contributed by atoms with E-state index in [4.69, 9.17) is 0 Å². The molecule has 0 aromatic carbocycles. The number of aryl methyl sites for hydroxylation is 1. The Morgan fingerprint density at radius 3 is 2.50 bits per heavy atom. The van der Waals surface area contributed by atoms with Gasteiger partial charge < -0.3 is 0 Å². The van der Waals surface area contributed by atoms with E-state index in [-0.39, 0.29) is 15.3 Å². The summed E-state index contributed by atoms with van der Waals surface area (Å²) in [7, 11) is 0. The summed E-state index contributed by atoms with van der Waals surface area (Å²) in [6.07, 6.45) is 0.928. The highest BCUT2D eigenvalue weighted by Gasteiger charge is 2.27. The van der Waals surface area contributed by atoms with Gasteiger partial charge >= 0.3 is 5.00 Å². The minimum atomic E-state index is -0.359. The molecule has 0 radical (unpaired) electrons. The normalized spacial score (nSPS) is 11.7. The van der Waals surface area contributed by atoms with E-state index in [1.54, 1.807) is 6.92 Å². The molecule has 5 heteroatoms. The molecule has 0 N–H and O–H groups in total. The van der Waals surface area contributed by atoms with Crippen molar-refractivity contribution in [2.24, 2.45) is 0 Å². The van der Waals surface area contributed by atoms with Gasteiger partial charge in [0, 0.05) is 5.41 Å². The van der Waals surface area contributed by atoms with Crippen LogP contribution in [0.1, 0.15) is 37.9 Å². The van der Waals surface area contributed by atoms with Gasteiger partial charge in [0.25, 0.3) is 0 Å². The highest BCUT2D eigenvalue weighted by atomic mass is 32.1. The molecule has 0 aliphatic carbocycles. The number of nitro groups is 1. The van der Waals surface area contributed by atoms with Gasteiger partial charge in [0.05, 0.1) is 4.92 Å². The van der Waals surface area contributed by atoms with Gasteiger partial charge in [-0.2, -0.15) is 0 Å². The summed E-state index contributed by atoms with van der Waals surface area (Å²) in [5, 5.41) is 11.6. The smallest absolute Gasteiger partial charge is 0.257 e. The van der Waals surface area contributed by atoms with Gasteiger partial charge in [-0.15, -0.1) is 0 Å². The minimum absolute atomic E-state index is 0.0658. The molecule has 0 saturated heterocycles. The molecular formula is C9H14N2O2S. The van der Waals surface area contributed by atoms with E-state index in [9.17, 15) is 10.1 Å². The van der Waals surface area contributed by atoms with Gasteiger partial charge in [0.1, 0.15) is 10.7 Å². The van der Waals surface area contributed by atoms with Crippen LogP contribution >= 0.6 is 11.3 Å². The van der Waals surface area contributed by atoms with Crippen LogP contribution in [-0.4, -0.2) is 9.91 Å². The first-order chi connectivity index (χ1) is 6.38. The van der Waals surface area contributed by atoms with Crippen LogP contribution in [0.2, 0.25) is 0 Å². The second-order valence-corrected chi connectivity index (χ2v) is 4.88. The van der Waals surface area contributed by atoms with E-state index in [1.165, 1.54) is 11.3 Å². The summed E-state index contributed by atoms with van der Waals surface area (Å²) < 4.78 is 0. The van der Waals surface area contributed by atoms with E-state index in [0.717, 1.165) is 11.4 Å². The van der Waals surface area contributed by atoms with Crippen molar-refractivity contribution in [1.29, 1.82) is 0 Å². The largest absolute Gasteiger partial charge is 0.346 e. The van der Waals surface area contributed by atoms with Crippen molar-refractivity contribution in [1.82, 2.24) is 4.98 Å². The van der Waals surface area contributed by atoms with Crippen LogP contribution in [0.5, 0.6) is 0 Å². The van der Waals surface area contributed by atoms with Gasteiger partial charge in [-0.3, -0.25) is 10.1 Å². The molecule has 1 aromatic heterocycles. The Labute approximate surface area is 87.1 Å². The predicted molar refractivity (Wildman–Crippen MR) is 56.8 cm³/mol. The number of nitrogens with zero attached hydrogens (tertiary/aromatic N) is 2. The highest BCUT2D eigenvalue weighted by molar-refractivity contribution is 7.15. The van der Waals surface area contributed by atoms with Crippen LogP contribution in [0.4, 0.5) is 5.00 Å². The molecule has 0 saturated carbocycles. The van der Waals surface area contributed by atoms with Crippen molar-refractivity contribution in [3.05, 3.63) is 20.8 Å². The average molecular weight is 214 g/mol. The first-order valence-corrected chi connectivity index (χ1v) is 5.32. The molecule has 0 fully saturated rings. The zero-order valence-corrected chi connectivity index (χ0v) is 9.64. The Morgan fingerprint density at radius 2 is 2.14 bits per heavy atom. The maximum Gasteiger partial charge on any atom is 0.346 e. The van der Waals surface area contributed by atoms with E-state index < -0.39 is 0 Å². The van der Waals surface area contributed by atoms with Crippen LogP contribution in [0, 0.1) is 17.0 Å². The number of aromatic nitrogens is 1. The second-order valence-electron chi connectivity index (χ2n) is 3.90. The lowest BCUT2D eigenvalue weighted by Gasteiger charge is -2.18. The fourth-order valence-corrected chi connectivity index (χ4v) is 2.05. The molecule has 0 atom stereocenters. The van der Waals surface area contributed by atoms with Crippen LogP contribution < -0.4 is 0 Å². The fourth-order valence-electron chi connectivity index (χ4n) is 0.998. The molecule has 0 amide bonds. The summed E-state index contributed by atoms with van der Waals surface area (Å²) in [6.45, 7) is 7.84. The molecule has 0 spiro atoms. The third-order valence-electron chi connectivity index (χ3n) is 2.40. The Morgan fingerprint density at radius 1 is 1.57 bits per heavy atom. The highest BCUT2D eigenvalue weighted by Crippen LogP contribution is 2.35. The Kier molecular flexibility index (Phi) is 2.89. The fraction of sp³-hybridized carbons (Fsp3) is 0.667. The quantitative estimate of drug-likeness (QED) is 0.574. The summed E-state index contributed by atoms with van der Waals surface area (Å²) in [6, 6.07) is 0. The lowest BCUT2D eigenvalue weighted by Crippen LogP contribution is -2.14. The molecule has 0 unspecified atom stereocenters. The van der Waals surface area contributed by atoms with Gasteiger partial charge in [-0.1, -0.05) is 20.8 Å². The summed E-state index contributed by atoms with van der Waals surface area (Å²) >= 11 is 1.19. The second kappa shape index (κ2) is 3.65. The molecule has 4 nitrogen and oxygen atoms in total. The standard InChI is InChI=1S/C9H14N2O2S/c1-5-9(3,4)8-10-6(2)7(14-8)11(12)13/h5H2,1-4H3. The molecule has 14 heavy (non-hydrogen) atoms. The van der Waals surface area contributed by atoms with E-state index in [1.807, 2.05) is 0 Å². The third-order valence-corrected chi connectivity index (χ3v) is 3.88. The predicted octanol–water partition coefficient (Wildman–Crippen LogP) is 3.05. The summed E-state index contributed by atoms with van der Waals surface area (Å²) in [4.78, 5) is 14.5. The van der Waals surface area contributed by atoms with Crippen molar-refractivity contribution in [2.75, 3.05) is 0 Å². The Bertz CT molecular complexity index is 358. The monoisotopic (exact) mass is 214 g/mol. The Balaban J connectivity index is 3.15. The summed E-state index contributed by atoms with van der Waals surface area (Å²) in [5.74, 6) is 0. The van der Waals surface area contributed by atoms with E-state index >= 15 is 0 Å². The van der Waals surface area contributed by atoms with E-state index in [2.05, 4.69) is 25.8 Å². The minimum Gasteiger partial charge on any atom is -0.257 e. The van der Waals surface area contributed by atoms with Crippen molar-refractivity contribution in [2.45, 2.75) is 39.5 Å². The topological polar surface area (TPSA) is 56.0 Å². The van der Waals surface area contributed by atoms with Crippen molar-refractivity contribution < 1.29 is 4.92 Å². The molecule has 1 heterocycles. The van der Waals surface area contributed by atoms with Crippen molar-refractivity contribution in [3.63, 3.8) is 0 Å². The van der Waals surface area contributed by atoms with Crippen LogP contribution in [0.3, 0.4) is 0 Å². The number of rotatable bonds is 3. The number of hydrogen-bond donors (Lipinski definition) is 0. The zero-order chi connectivity index (χ0) is 10.9. The first-order valence-electron chi connectivity index (χ1n) is 4.50. The molecule has 0 aliphatic rings.